The van der Waals surface area contributed by atoms with Crippen LogP contribution >= 0.6 is 15.2 Å². The van der Waals surface area contributed by atoms with E-state index in [2.05, 4.69) is 63.0 Å². The van der Waals surface area contributed by atoms with Crippen molar-refractivity contribution in [1.82, 2.24) is 0 Å². The molecule has 0 spiro atoms. The SMILES string of the molecule is CCCCCCCO[C@H]1OC(COCc2ccccc2)[C@@H](C)[C@H](C)C1N=[N+]=[N-].COP(C)(=O)O[C@H]1OC(COCc2ccccc2)[C@@H](OP(C)(=O)O[C@H]2OC(COCc3ccccc3)[C@@H](O)[C@H](C)C2N=[N+]=[N-])[C@H](C)C1N=[N+]=[N-]. The van der Waals surface area contributed by atoms with Crippen molar-refractivity contribution in [3.05, 3.63) is 139 Å². The van der Waals surface area contributed by atoms with E-state index >= 15 is 0 Å². The largest absolute Gasteiger partial charge is 0.390 e. The third-order valence-electron chi connectivity index (χ3n) is 14.1. The van der Waals surface area contributed by atoms with Gasteiger partial charge >= 0.3 is 15.2 Å². The van der Waals surface area contributed by atoms with Gasteiger partial charge in [-0.25, -0.2) is 0 Å². The Labute approximate surface area is 458 Å². The van der Waals surface area contributed by atoms with Crippen LogP contribution in [0.5, 0.6) is 0 Å². The number of unbranched alkanes of at least 4 members (excludes halogenated alkanes) is 4. The Morgan fingerprint density at radius 2 is 0.962 bits per heavy atom. The summed E-state index contributed by atoms with van der Waals surface area (Å²) in [5.74, 6) is -1.04. The highest BCUT2D eigenvalue weighted by molar-refractivity contribution is 7.53. The number of aliphatic hydroxyl groups is 1. The minimum absolute atomic E-state index is 0.0373. The lowest BCUT2D eigenvalue weighted by Crippen LogP contribution is -2.56. The van der Waals surface area contributed by atoms with Crippen LogP contribution in [0, 0.1) is 23.7 Å². The summed E-state index contributed by atoms with van der Waals surface area (Å²) in [7, 11) is -6.55. The van der Waals surface area contributed by atoms with Crippen LogP contribution in [0.2, 0.25) is 0 Å². The van der Waals surface area contributed by atoms with Crippen LogP contribution in [0.4, 0.5) is 0 Å². The van der Waals surface area contributed by atoms with E-state index < -0.39 is 82.4 Å². The highest BCUT2D eigenvalue weighted by Gasteiger charge is 2.51. The minimum atomic E-state index is -4.14. The fourth-order valence-electron chi connectivity index (χ4n) is 9.28. The van der Waals surface area contributed by atoms with E-state index in [1.807, 2.05) is 78.9 Å². The second-order valence-electron chi connectivity index (χ2n) is 19.9. The molecule has 3 fully saturated rings. The summed E-state index contributed by atoms with van der Waals surface area (Å²) in [5.41, 5.74) is 30.6. The molecule has 23 nitrogen and oxygen atoms in total. The van der Waals surface area contributed by atoms with Crippen LogP contribution in [0.15, 0.2) is 106 Å². The number of benzene rings is 3. The van der Waals surface area contributed by atoms with Crippen molar-refractivity contribution < 1.29 is 65.5 Å². The summed E-state index contributed by atoms with van der Waals surface area (Å²) in [4.78, 5) is 8.82. The average Bonchev–Trinajstić information content (AvgIpc) is 3.43. The lowest BCUT2D eigenvalue weighted by molar-refractivity contribution is -0.240. The predicted molar refractivity (Wildman–Crippen MR) is 292 cm³/mol. The summed E-state index contributed by atoms with van der Waals surface area (Å²) in [6, 6.07) is 26.4. The van der Waals surface area contributed by atoms with E-state index in [9.17, 15) is 25.3 Å². The van der Waals surface area contributed by atoms with Gasteiger partial charge in [-0.3, -0.25) is 18.2 Å². The van der Waals surface area contributed by atoms with Crippen LogP contribution in [0.1, 0.15) is 83.4 Å². The molecule has 3 heterocycles. The Balaban J connectivity index is 0.000000338. The van der Waals surface area contributed by atoms with Crippen LogP contribution in [-0.4, -0.2) is 119 Å². The molecule has 0 amide bonds. The molecule has 0 saturated carbocycles. The molecule has 0 aromatic heterocycles. The predicted octanol–water partition coefficient (Wildman–Crippen LogP) is 12.4. The zero-order chi connectivity index (χ0) is 56.5. The average molecular weight is 1130 g/mol. The Morgan fingerprint density at radius 1 is 0.538 bits per heavy atom. The first-order chi connectivity index (χ1) is 37.5. The maximum Gasteiger partial charge on any atom is 0.330 e. The molecule has 0 aliphatic carbocycles. The monoisotopic (exact) mass is 1130 g/mol. The standard InChI is InChI=1S/C31H44N6O11P2.C22H35N3O3/c1-20-26(34-36-32)30(44-24(28(20)38)18-42-16-22-12-8-6-9-13-22)48-50(5,40)46-29-21(2)27(35-37-33)31(47-49(4,39)41-3)45-25(29)19-43-17-23-14-10-7-11-15-23;1-4-5-6-7-11-14-27-22-21(24-25-23)18(3)17(2)20(28-22)16-26-15-19-12-9-8-10-13-19/h6-15,20-21,24-31,38H,16-19H2,1-5H3;8-10,12-13,17-18,20-22H,4-7,11,14-16H2,1-3H3/t20-,21-,24?,25?,26?,27?,28+,29+,30-,31-,49?,50?;17-,18-,20?,21?,22-/m10/s1. The minimum Gasteiger partial charge on any atom is -0.390 e. The van der Waals surface area contributed by atoms with Gasteiger partial charge in [-0.15, -0.1) is 0 Å². The molecule has 8 unspecified atom stereocenters. The lowest BCUT2D eigenvalue weighted by atomic mass is 9.82. The van der Waals surface area contributed by atoms with Crippen molar-refractivity contribution in [3.63, 3.8) is 0 Å². The van der Waals surface area contributed by atoms with Gasteiger partial charge in [0.25, 0.3) is 0 Å². The van der Waals surface area contributed by atoms with Gasteiger partial charge in [-0.05, 0) is 63.4 Å². The van der Waals surface area contributed by atoms with Gasteiger partial charge in [0.15, 0.2) is 18.9 Å². The quantitative estimate of drug-likeness (QED) is 0.0222. The van der Waals surface area contributed by atoms with Gasteiger partial charge in [0.05, 0.1) is 76.1 Å². The van der Waals surface area contributed by atoms with E-state index in [-0.39, 0.29) is 50.4 Å². The summed E-state index contributed by atoms with van der Waals surface area (Å²) >= 11 is 0. The van der Waals surface area contributed by atoms with E-state index in [1.165, 1.54) is 39.7 Å². The highest BCUT2D eigenvalue weighted by atomic mass is 31.2. The van der Waals surface area contributed by atoms with Crippen LogP contribution in [0.3, 0.4) is 0 Å². The first-order valence-corrected chi connectivity index (χ1v) is 30.5. The van der Waals surface area contributed by atoms with Crippen molar-refractivity contribution in [1.29, 1.82) is 0 Å². The molecule has 3 aliphatic rings. The smallest absolute Gasteiger partial charge is 0.330 e. The molecule has 6 rings (SSSR count). The molecule has 0 radical (unpaired) electrons. The van der Waals surface area contributed by atoms with Gasteiger partial charge in [0.2, 0.25) is 0 Å². The summed E-state index contributed by atoms with van der Waals surface area (Å²) in [6.45, 7) is 14.2. The van der Waals surface area contributed by atoms with Gasteiger partial charge < -0.3 is 47.3 Å². The molecule has 3 saturated heterocycles. The first kappa shape index (κ1) is 64.4. The van der Waals surface area contributed by atoms with Gasteiger partial charge in [0, 0.05) is 41.8 Å². The molecular formula is C53H79N9O14P2. The summed E-state index contributed by atoms with van der Waals surface area (Å²) in [5, 5.41) is 22.6. The first-order valence-electron chi connectivity index (χ1n) is 26.5. The third-order valence-corrected chi connectivity index (χ3v) is 16.6. The maximum absolute atomic E-state index is 14.2. The highest BCUT2D eigenvalue weighted by Crippen LogP contribution is 2.53. The molecule has 3 aromatic carbocycles. The zero-order valence-corrected chi connectivity index (χ0v) is 47.8. The molecule has 3 aliphatic heterocycles. The molecule has 25 heteroatoms. The molecule has 17 atom stereocenters. The fourth-order valence-corrected chi connectivity index (χ4v) is 11.3. The van der Waals surface area contributed by atoms with Crippen molar-refractivity contribution in [2.45, 2.75) is 154 Å². The molecule has 3 aromatic rings. The number of ether oxygens (including phenoxy) is 7. The zero-order valence-electron chi connectivity index (χ0n) is 46.0. The summed E-state index contributed by atoms with van der Waals surface area (Å²) in [6.07, 6.45) is -1.50. The Morgan fingerprint density at radius 3 is 1.45 bits per heavy atom. The third kappa shape index (κ3) is 20.3. The second kappa shape index (κ2) is 33.4. The van der Waals surface area contributed by atoms with Crippen molar-refractivity contribution in [2.75, 3.05) is 46.9 Å². The van der Waals surface area contributed by atoms with Crippen LogP contribution < -0.4 is 0 Å². The van der Waals surface area contributed by atoms with E-state index in [0.717, 1.165) is 29.5 Å². The normalized spacial score (nSPS) is 30.4. The van der Waals surface area contributed by atoms with Gasteiger partial charge in [-0.2, -0.15) is 0 Å². The lowest BCUT2D eigenvalue weighted by Gasteiger charge is -2.45. The Hall–Kier alpha value is -4.43. The van der Waals surface area contributed by atoms with E-state index in [4.69, 9.17) is 56.8 Å². The van der Waals surface area contributed by atoms with Crippen molar-refractivity contribution in [2.24, 2.45) is 39.0 Å². The molecule has 430 valence electrons. The van der Waals surface area contributed by atoms with E-state index in [1.54, 1.807) is 13.8 Å². The number of aliphatic hydroxyl groups excluding tert-OH is 1. The fraction of sp³-hybridized carbons (Fsp3) is 0.660. The van der Waals surface area contributed by atoms with Crippen molar-refractivity contribution >= 4 is 15.2 Å². The van der Waals surface area contributed by atoms with Gasteiger partial charge in [0.1, 0.15) is 12.2 Å². The second-order valence-corrected chi connectivity index (χ2v) is 24.0. The van der Waals surface area contributed by atoms with Crippen LogP contribution in [0.25, 0.3) is 31.3 Å². The topological polar surface area (TPSA) is 302 Å². The Bertz CT molecular complexity index is 2460. The van der Waals surface area contributed by atoms with E-state index in [0.29, 0.717) is 19.8 Å². The molecule has 78 heavy (non-hydrogen) atoms. The summed E-state index contributed by atoms with van der Waals surface area (Å²) < 4.78 is 91.6. The number of hydrogen-bond donors (Lipinski definition) is 1. The number of azide groups is 3. The molecule has 0 bridgehead atoms. The van der Waals surface area contributed by atoms with Gasteiger partial charge in [-0.1, -0.05) is 167 Å². The number of hydrogen-bond acceptors (Lipinski definition) is 17. The molecular weight excluding hydrogens is 1050 g/mol. The Kier molecular flexibility index (Phi) is 27.5. The van der Waals surface area contributed by atoms with Crippen molar-refractivity contribution in [3.8, 4) is 0 Å². The number of rotatable bonds is 29. The number of nitrogens with zero attached hydrogens (tertiary/aromatic N) is 9. The molecule has 1 N–H and O–H groups in total. The van der Waals surface area contributed by atoms with Crippen LogP contribution in [-0.2, 0) is 80.2 Å². The maximum atomic E-state index is 14.2.